The van der Waals surface area contributed by atoms with Crippen molar-refractivity contribution in [1.82, 2.24) is 4.90 Å². The average Bonchev–Trinajstić information content (AvgIpc) is 2.71. The first-order chi connectivity index (χ1) is 13.3. The third-order valence-electron chi connectivity index (χ3n) is 5.99. The van der Waals surface area contributed by atoms with Crippen molar-refractivity contribution in [2.24, 2.45) is 5.41 Å². The van der Waals surface area contributed by atoms with Gasteiger partial charge in [-0.3, -0.25) is 0 Å². The molecule has 152 valence electrons. The van der Waals surface area contributed by atoms with E-state index < -0.39 is 0 Å². The van der Waals surface area contributed by atoms with Crippen molar-refractivity contribution in [1.29, 1.82) is 0 Å². The summed E-state index contributed by atoms with van der Waals surface area (Å²) < 4.78 is 0. The van der Waals surface area contributed by atoms with Crippen LogP contribution in [0, 0.1) is 5.41 Å². The summed E-state index contributed by atoms with van der Waals surface area (Å²) >= 11 is 0. The molecule has 1 aromatic carbocycles. The highest BCUT2D eigenvalue weighted by molar-refractivity contribution is 5.31. The van der Waals surface area contributed by atoms with Crippen molar-refractivity contribution in [3.63, 3.8) is 0 Å². The molecule has 0 aliphatic heterocycles. The van der Waals surface area contributed by atoms with E-state index in [9.17, 15) is 0 Å². The Morgan fingerprint density at radius 1 is 1.11 bits per heavy atom. The summed E-state index contributed by atoms with van der Waals surface area (Å²) in [7, 11) is 0. The largest absolute Gasteiger partial charge is 0.339 e. The van der Waals surface area contributed by atoms with Gasteiger partial charge in [-0.25, -0.2) is 0 Å². The predicted octanol–water partition coefficient (Wildman–Crippen LogP) is 8.13. The van der Waals surface area contributed by atoms with Gasteiger partial charge in [-0.1, -0.05) is 81.5 Å². The molecule has 0 radical (unpaired) electrons. The second-order valence-corrected chi connectivity index (χ2v) is 8.95. The molecular weight excluding hydrogens is 338 g/mol. The molecule has 1 heteroatoms. The third kappa shape index (κ3) is 5.74. The average molecular weight is 378 g/mol. The molecule has 0 N–H and O–H groups in total. The maximum Gasteiger partial charge on any atom is 0.0639 e. The summed E-state index contributed by atoms with van der Waals surface area (Å²) in [6, 6.07) is 10.9. The minimum atomic E-state index is -0.0908. The van der Waals surface area contributed by atoms with Crippen LogP contribution in [0.3, 0.4) is 0 Å². The summed E-state index contributed by atoms with van der Waals surface area (Å²) in [5.74, 6) is 0. The molecule has 1 aliphatic carbocycles. The summed E-state index contributed by atoms with van der Waals surface area (Å²) in [6.07, 6.45) is 19.4. The molecule has 0 spiro atoms. The molecule has 0 unspecified atom stereocenters. The Balaban J connectivity index is 2.30. The van der Waals surface area contributed by atoms with Gasteiger partial charge in [0.25, 0.3) is 0 Å². The van der Waals surface area contributed by atoms with E-state index in [0.29, 0.717) is 0 Å². The highest BCUT2D eigenvalue weighted by Crippen LogP contribution is 2.38. The summed E-state index contributed by atoms with van der Waals surface area (Å²) in [4.78, 5) is 2.59. The van der Waals surface area contributed by atoms with Gasteiger partial charge in [0.15, 0.2) is 0 Å². The van der Waals surface area contributed by atoms with Gasteiger partial charge < -0.3 is 4.90 Å². The number of allylic oxidation sites excluding steroid dienone is 8. The van der Waals surface area contributed by atoms with Gasteiger partial charge in [-0.05, 0) is 69.9 Å². The maximum atomic E-state index is 2.59. The van der Waals surface area contributed by atoms with Gasteiger partial charge in [0.2, 0.25) is 0 Å². The van der Waals surface area contributed by atoms with Crippen molar-refractivity contribution >= 4 is 0 Å². The van der Waals surface area contributed by atoms with Gasteiger partial charge in [0, 0.05) is 11.4 Å². The SMILES string of the molecule is CC=C(CCC=CC(C)(C)CC)N(C1=CC=CCC1)C(C)(C)c1ccccc1. The first-order valence-electron chi connectivity index (χ1n) is 10.9. The number of benzene rings is 1. The minimum Gasteiger partial charge on any atom is -0.339 e. The zero-order valence-electron chi connectivity index (χ0n) is 18.8. The molecule has 0 heterocycles. The van der Waals surface area contributed by atoms with Crippen LogP contribution in [0.2, 0.25) is 0 Å². The molecule has 0 saturated heterocycles. The van der Waals surface area contributed by atoms with Crippen LogP contribution in [0.4, 0.5) is 0 Å². The highest BCUT2D eigenvalue weighted by Gasteiger charge is 2.32. The smallest absolute Gasteiger partial charge is 0.0639 e. The van der Waals surface area contributed by atoms with E-state index in [1.165, 1.54) is 23.4 Å². The lowest BCUT2D eigenvalue weighted by atomic mass is 9.88. The van der Waals surface area contributed by atoms with Gasteiger partial charge in [-0.2, -0.15) is 0 Å². The fraction of sp³-hybridized carbons (Fsp3) is 0.481. The minimum absolute atomic E-state index is 0.0908. The molecule has 2 rings (SSSR count). The van der Waals surface area contributed by atoms with E-state index in [1.54, 1.807) is 0 Å². The van der Waals surface area contributed by atoms with Crippen molar-refractivity contribution in [3.8, 4) is 0 Å². The molecule has 1 aromatic rings. The summed E-state index contributed by atoms with van der Waals surface area (Å²) in [6.45, 7) is 13.8. The van der Waals surface area contributed by atoms with Crippen LogP contribution in [0.1, 0.15) is 79.2 Å². The van der Waals surface area contributed by atoms with E-state index >= 15 is 0 Å². The molecule has 1 nitrogen and oxygen atoms in total. The van der Waals surface area contributed by atoms with E-state index in [2.05, 4.69) is 113 Å². The van der Waals surface area contributed by atoms with E-state index in [0.717, 1.165) is 25.7 Å². The van der Waals surface area contributed by atoms with Crippen molar-refractivity contribution < 1.29 is 0 Å². The van der Waals surface area contributed by atoms with E-state index in [1.807, 2.05) is 0 Å². The Labute approximate surface area is 173 Å². The van der Waals surface area contributed by atoms with Crippen LogP contribution in [0.5, 0.6) is 0 Å². The maximum absolute atomic E-state index is 2.59. The van der Waals surface area contributed by atoms with Crippen LogP contribution < -0.4 is 0 Å². The van der Waals surface area contributed by atoms with Crippen LogP contribution in [0.25, 0.3) is 0 Å². The zero-order chi connectivity index (χ0) is 20.6. The first kappa shape index (κ1) is 22.3. The van der Waals surface area contributed by atoms with Crippen molar-refractivity contribution in [2.75, 3.05) is 0 Å². The fourth-order valence-corrected chi connectivity index (χ4v) is 3.79. The van der Waals surface area contributed by atoms with Crippen molar-refractivity contribution in [2.45, 2.75) is 79.2 Å². The molecule has 0 amide bonds. The molecule has 0 atom stereocenters. The Kier molecular flexibility index (Phi) is 7.92. The molecular formula is C27H39N. The second-order valence-electron chi connectivity index (χ2n) is 8.95. The molecule has 1 aliphatic rings. The van der Waals surface area contributed by atoms with Gasteiger partial charge in [-0.15, -0.1) is 0 Å². The Bertz CT molecular complexity index is 729. The Morgan fingerprint density at radius 3 is 2.39 bits per heavy atom. The van der Waals surface area contributed by atoms with Gasteiger partial charge in [0.1, 0.15) is 0 Å². The zero-order valence-corrected chi connectivity index (χ0v) is 18.8. The van der Waals surface area contributed by atoms with E-state index in [-0.39, 0.29) is 11.0 Å². The normalized spacial score (nSPS) is 15.8. The third-order valence-corrected chi connectivity index (χ3v) is 5.99. The quantitative estimate of drug-likeness (QED) is 0.393. The van der Waals surface area contributed by atoms with Gasteiger partial charge >= 0.3 is 0 Å². The number of nitrogens with zero attached hydrogens (tertiary/aromatic N) is 1. The number of hydrogen-bond donors (Lipinski definition) is 0. The molecule has 0 fully saturated rings. The molecule has 0 aromatic heterocycles. The lowest BCUT2D eigenvalue weighted by Crippen LogP contribution is -2.40. The lowest BCUT2D eigenvalue weighted by Gasteiger charge is -2.44. The van der Waals surface area contributed by atoms with Crippen LogP contribution in [-0.4, -0.2) is 4.90 Å². The molecule has 0 saturated carbocycles. The topological polar surface area (TPSA) is 3.24 Å². The van der Waals surface area contributed by atoms with Crippen molar-refractivity contribution in [3.05, 3.63) is 83.7 Å². The molecule has 0 bridgehead atoms. The predicted molar refractivity (Wildman–Crippen MR) is 124 cm³/mol. The second kappa shape index (κ2) is 9.96. The standard InChI is InChI=1S/C27H39N/c1-7-24(19-15-16-22-26(3,4)8-2)28(25-20-13-10-14-21-25)27(5,6)23-17-11-9-12-18-23/h7,9-13,16-18,20,22H,8,14-15,19,21H2,1-6H3. The lowest BCUT2D eigenvalue weighted by molar-refractivity contribution is 0.201. The Morgan fingerprint density at radius 2 is 1.82 bits per heavy atom. The monoisotopic (exact) mass is 377 g/mol. The number of hydrogen-bond acceptors (Lipinski definition) is 1. The van der Waals surface area contributed by atoms with Crippen LogP contribution in [0.15, 0.2) is 78.2 Å². The number of rotatable bonds is 9. The summed E-state index contributed by atoms with van der Waals surface area (Å²) in [5, 5.41) is 0. The van der Waals surface area contributed by atoms with Crippen LogP contribution >= 0.6 is 0 Å². The Hall–Kier alpha value is -2.02. The highest BCUT2D eigenvalue weighted by atomic mass is 15.2. The van der Waals surface area contributed by atoms with Gasteiger partial charge in [0.05, 0.1) is 5.54 Å². The van der Waals surface area contributed by atoms with Crippen LogP contribution in [-0.2, 0) is 5.54 Å². The fourth-order valence-electron chi connectivity index (χ4n) is 3.79. The first-order valence-corrected chi connectivity index (χ1v) is 10.9. The summed E-state index contributed by atoms with van der Waals surface area (Å²) in [5.41, 5.74) is 4.38. The van der Waals surface area contributed by atoms with E-state index in [4.69, 9.17) is 0 Å². The molecule has 28 heavy (non-hydrogen) atoms.